The maximum Gasteiger partial charge on any atom is 0.252 e. The van der Waals surface area contributed by atoms with Gasteiger partial charge in [0.15, 0.2) is 0 Å². The van der Waals surface area contributed by atoms with E-state index >= 15 is 0 Å². The normalized spacial score (nSPS) is 10.6. The van der Waals surface area contributed by atoms with Crippen molar-refractivity contribution in [2.45, 2.75) is 13.8 Å². The molecule has 0 fully saturated rings. The van der Waals surface area contributed by atoms with Gasteiger partial charge in [0.05, 0.1) is 11.4 Å². The molecule has 1 amide bonds. The minimum Gasteiger partial charge on any atom is -0.355 e. The Kier molecular flexibility index (Phi) is 3.99. The molecule has 0 saturated carbocycles. The molecule has 0 unspecified atom stereocenters. The average Bonchev–Trinajstić information content (AvgIpc) is 2.92. The van der Waals surface area contributed by atoms with Crippen LogP contribution >= 0.6 is 0 Å². The van der Waals surface area contributed by atoms with Crippen molar-refractivity contribution in [3.8, 4) is 17.2 Å². The first-order chi connectivity index (χ1) is 11.5. The van der Waals surface area contributed by atoms with Crippen LogP contribution in [0.2, 0.25) is 0 Å². The van der Waals surface area contributed by atoms with Gasteiger partial charge >= 0.3 is 0 Å². The van der Waals surface area contributed by atoms with Gasteiger partial charge in [-0.3, -0.25) is 14.6 Å². The van der Waals surface area contributed by atoms with Gasteiger partial charge in [-0.1, -0.05) is 12.1 Å². The first-order valence-electron chi connectivity index (χ1n) is 7.45. The van der Waals surface area contributed by atoms with Crippen LogP contribution in [-0.4, -0.2) is 32.7 Å². The van der Waals surface area contributed by atoms with Crippen molar-refractivity contribution in [3.63, 3.8) is 0 Å². The second-order valence-electron chi connectivity index (χ2n) is 5.45. The first kappa shape index (κ1) is 15.7. The standard InChI is InChI=1S/C17H17N5O2/c1-10-8-11(2)22(21-10)17-19-14(9-15(23)20-17)12-4-6-13(7-5-12)16(24)18-3/h4-9H,1-3H3,(H,18,24)(H,19,20,23). The van der Waals surface area contributed by atoms with Gasteiger partial charge in [0.25, 0.3) is 11.5 Å². The number of amides is 1. The van der Waals surface area contributed by atoms with Gasteiger partial charge in [-0.2, -0.15) is 5.10 Å². The third-order valence-electron chi connectivity index (χ3n) is 3.61. The van der Waals surface area contributed by atoms with Gasteiger partial charge in [0, 0.05) is 29.9 Å². The van der Waals surface area contributed by atoms with Gasteiger partial charge < -0.3 is 5.32 Å². The van der Waals surface area contributed by atoms with Gasteiger partial charge in [-0.05, 0) is 32.0 Å². The molecule has 3 rings (SSSR count). The van der Waals surface area contributed by atoms with Crippen LogP contribution in [0.4, 0.5) is 0 Å². The van der Waals surface area contributed by atoms with E-state index in [1.165, 1.54) is 6.07 Å². The van der Waals surface area contributed by atoms with Gasteiger partial charge in [0.1, 0.15) is 0 Å². The van der Waals surface area contributed by atoms with E-state index in [0.29, 0.717) is 17.2 Å². The molecule has 2 N–H and O–H groups in total. The molecule has 0 saturated heterocycles. The molecule has 0 aliphatic heterocycles. The molecule has 2 heterocycles. The SMILES string of the molecule is CNC(=O)c1ccc(-c2cc(=O)[nH]c(-n3nc(C)cc3C)n2)cc1. The second kappa shape index (κ2) is 6.11. The number of rotatable bonds is 3. The van der Waals surface area contributed by atoms with Gasteiger partial charge in [-0.15, -0.1) is 0 Å². The molecule has 3 aromatic rings. The molecular formula is C17H17N5O2. The summed E-state index contributed by atoms with van der Waals surface area (Å²) in [5.41, 5.74) is 3.27. The Morgan fingerprint density at radius 2 is 1.88 bits per heavy atom. The second-order valence-corrected chi connectivity index (χ2v) is 5.45. The fourth-order valence-electron chi connectivity index (χ4n) is 2.47. The van der Waals surface area contributed by atoms with Gasteiger partial charge in [-0.25, -0.2) is 9.67 Å². The molecule has 7 heteroatoms. The van der Waals surface area contributed by atoms with Crippen molar-refractivity contribution in [1.29, 1.82) is 0 Å². The Labute approximate surface area is 138 Å². The first-order valence-corrected chi connectivity index (χ1v) is 7.45. The number of carbonyl (C=O) groups excluding carboxylic acids is 1. The molecular weight excluding hydrogens is 306 g/mol. The van der Waals surface area contributed by atoms with Gasteiger partial charge in [0.2, 0.25) is 5.95 Å². The van der Waals surface area contributed by atoms with E-state index in [1.807, 2.05) is 19.9 Å². The number of aryl methyl sites for hydroxylation is 2. The number of benzene rings is 1. The molecule has 122 valence electrons. The number of hydrogen-bond acceptors (Lipinski definition) is 4. The van der Waals surface area contributed by atoms with Crippen molar-refractivity contribution in [1.82, 2.24) is 25.1 Å². The van der Waals surface area contributed by atoms with Crippen molar-refractivity contribution < 1.29 is 4.79 Å². The van der Waals surface area contributed by atoms with E-state index in [0.717, 1.165) is 17.0 Å². The largest absolute Gasteiger partial charge is 0.355 e. The molecule has 7 nitrogen and oxygen atoms in total. The summed E-state index contributed by atoms with van der Waals surface area (Å²) in [6.07, 6.45) is 0. The Hall–Kier alpha value is -3.22. The Balaban J connectivity index is 2.04. The van der Waals surface area contributed by atoms with Crippen LogP contribution in [-0.2, 0) is 0 Å². The van der Waals surface area contributed by atoms with Crippen LogP contribution in [0, 0.1) is 13.8 Å². The Morgan fingerprint density at radius 3 is 2.46 bits per heavy atom. The van der Waals surface area contributed by atoms with Crippen molar-refractivity contribution in [3.05, 3.63) is 63.7 Å². The number of hydrogen-bond donors (Lipinski definition) is 2. The number of nitrogens with zero attached hydrogens (tertiary/aromatic N) is 3. The minimum atomic E-state index is -0.266. The smallest absolute Gasteiger partial charge is 0.252 e. The highest BCUT2D eigenvalue weighted by Gasteiger charge is 2.10. The Morgan fingerprint density at radius 1 is 1.17 bits per heavy atom. The summed E-state index contributed by atoms with van der Waals surface area (Å²) < 4.78 is 1.60. The summed E-state index contributed by atoms with van der Waals surface area (Å²) >= 11 is 0. The minimum absolute atomic E-state index is 0.163. The van der Waals surface area contributed by atoms with Crippen LogP contribution in [0.25, 0.3) is 17.2 Å². The van der Waals surface area contributed by atoms with E-state index in [4.69, 9.17) is 0 Å². The quantitative estimate of drug-likeness (QED) is 0.765. The molecule has 0 aliphatic carbocycles. The van der Waals surface area contributed by atoms with Crippen molar-refractivity contribution in [2.75, 3.05) is 7.05 Å². The fraction of sp³-hybridized carbons (Fsp3) is 0.176. The summed E-state index contributed by atoms with van der Waals surface area (Å²) in [4.78, 5) is 30.8. The molecule has 0 bridgehead atoms. The molecule has 1 aromatic carbocycles. The highest BCUT2D eigenvalue weighted by molar-refractivity contribution is 5.94. The molecule has 2 aromatic heterocycles. The number of carbonyl (C=O) groups is 1. The van der Waals surface area contributed by atoms with Crippen LogP contribution < -0.4 is 10.9 Å². The number of nitrogens with one attached hydrogen (secondary N) is 2. The van der Waals surface area contributed by atoms with E-state index in [2.05, 4.69) is 20.4 Å². The number of aromatic amines is 1. The topological polar surface area (TPSA) is 92.7 Å². The predicted molar refractivity (Wildman–Crippen MR) is 90.3 cm³/mol. The molecule has 0 radical (unpaired) electrons. The Bertz CT molecular complexity index is 954. The summed E-state index contributed by atoms with van der Waals surface area (Å²) in [6, 6.07) is 10.2. The summed E-state index contributed by atoms with van der Waals surface area (Å²) in [6.45, 7) is 3.77. The molecule has 0 atom stereocenters. The summed E-state index contributed by atoms with van der Waals surface area (Å²) in [5.74, 6) is 0.197. The summed E-state index contributed by atoms with van der Waals surface area (Å²) in [5, 5.41) is 6.90. The van der Waals surface area contributed by atoms with Crippen LogP contribution in [0.3, 0.4) is 0 Å². The zero-order valence-electron chi connectivity index (χ0n) is 13.6. The van der Waals surface area contributed by atoms with Crippen LogP contribution in [0.5, 0.6) is 0 Å². The monoisotopic (exact) mass is 323 g/mol. The highest BCUT2D eigenvalue weighted by atomic mass is 16.1. The maximum atomic E-state index is 12.0. The average molecular weight is 323 g/mol. The zero-order chi connectivity index (χ0) is 17.3. The zero-order valence-corrected chi connectivity index (χ0v) is 13.6. The third-order valence-corrected chi connectivity index (χ3v) is 3.61. The molecule has 0 spiro atoms. The van der Waals surface area contributed by atoms with Crippen molar-refractivity contribution >= 4 is 5.91 Å². The fourth-order valence-corrected chi connectivity index (χ4v) is 2.47. The van der Waals surface area contributed by atoms with E-state index < -0.39 is 0 Å². The highest BCUT2D eigenvalue weighted by Crippen LogP contribution is 2.17. The van der Waals surface area contributed by atoms with E-state index in [9.17, 15) is 9.59 Å². The van der Waals surface area contributed by atoms with E-state index in [-0.39, 0.29) is 11.5 Å². The molecule has 0 aliphatic rings. The lowest BCUT2D eigenvalue weighted by Crippen LogP contribution is -2.17. The lowest BCUT2D eigenvalue weighted by atomic mass is 10.1. The van der Waals surface area contributed by atoms with Crippen LogP contribution in [0.1, 0.15) is 21.7 Å². The van der Waals surface area contributed by atoms with Crippen LogP contribution in [0.15, 0.2) is 41.2 Å². The number of H-pyrrole nitrogens is 1. The molecule has 24 heavy (non-hydrogen) atoms. The van der Waals surface area contributed by atoms with Crippen molar-refractivity contribution in [2.24, 2.45) is 0 Å². The lowest BCUT2D eigenvalue weighted by molar-refractivity contribution is 0.0963. The number of aromatic nitrogens is 4. The third kappa shape index (κ3) is 2.96. The summed E-state index contributed by atoms with van der Waals surface area (Å²) in [7, 11) is 1.58. The lowest BCUT2D eigenvalue weighted by Gasteiger charge is -2.07. The predicted octanol–water partition coefficient (Wildman–Crippen LogP) is 1.60. The maximum absolute atomic E-state index is 12.0. The van der Waals surface area contributed by atoms with E-state index in [1.54, 1.807) is 36.0 Å².